The Balaban J connectivity index is 2.31. The Hall–Kier alpha value is -0.930. The van der Waals surface area contributed by atoms with Gasteiger partial charge in [0.15, 0.2) is 0 Å². The molecular weight excluding hydrogens is 186 g/mol. The van der Waals surface area contributed by atoms with Crippen molar-refractivity contribution >= 4 is 0 Å². The van der Waals surface area contributed by atoms with Crippen molar-refractivity contribution in [2.75, 3.05) is 27.2 Å². The summed E-state index contributed by atoms with van der Waals surface area (Å²) in [5.74, 6) is 0. The highest BCUT2D eigenvalue weighted by molar-refractivity contribution is 5.12. The van der Waals surface area contributed by atoms with Crippen LogP contribution in [0.15, 0.2) is 18.3 Å². The second-order valence-electron chi connectivity index (χ2n) is 4.00. The number of hydrogen-bond donors (Lipinski definition) is 1. The molecule has 1 aromatic heterocycles. The maximum absolute atomic E-state index is 4.29. The third-order valence-electron chi connectivity index (χ3n) is 2.39. The van der Waals surface area contributed by atoms with E-state index in [1.165, 1.54) is 12.0 Å². The van der Waals surface area contributed by atoms with Crippen molar-refractivity contribution in [3.63, 3.8) is 0 Å². The number of nitrogens with zero attached hydrogens (tertiary/aromatic N) is 2. The molecule has 84 valence electrons. The van der Waals surface area contributed by atoms with Crippen LogP contribution in [0, 0.1) is 6.92 Å². The largest absolute Gasteiger partial charge is 0.320 e. The summed E-state index contributed by atoms with van der Waals surface area (Å²) in [5.41, 5.74) is 2.36. The van der Waals surface area contributed by atoms with Crippen LogP contribution in [0.5, 0.6) is 0 Å². The normalized spacial score (nSPS) is 10.9. The molecule has 15 heavy (non-hydrogen) atoms. The maximum Gasteiger partial charge on any atom is 0.0372 e. The Bertz CT molecular complexity index is 269. The van der Waals surface area contributed by atoms with E-state index >= 15 is 0 Å². The van der Waals surface area contributed by atoms with Gasteiger partial charge in [0.1, 0.15) is 0 Å². The summed E-state index contributed by atoms with van der Waals surface area (Å²) in [6, 6.07) is 4.22. The van der Waals surface area contributed by atoms with E-state index in [2.05, 4.69) is 34.4 Å². The van der Waals surface area contributed by atoms with Gasteiger partial charge in [-0.25, -0.2) is 0 Å². The van der Waals surface area contributed by atoms with E-state index in [9.17, 15) is 0 Å². The fraction of sp³-hybridized carbons (Fsp3) is 0.583. The molecule has 1 rings (SSSR count). The third-order valence-corrected chi connectivity index (χ3v) is 2.39. The number of aromatic nitrogens is 1. The number of aryl methyl sites for hydroxylation is 1. The van der Waals surface area contributed by atoms with Crippen LogP contribution in [0.25, 0.3) is 0 Å². The standard InChI is InChI=1S/C12H21N3/c1-11-5-6-12(9-14-11)10-15(3)8-4-7-13-2/h5-6,9,13H,4,7-8,10H2,1-3H3. The Morgan fingerprint density at radius 1 is 1.40 bits per heavy atom. The Morgan fingerprint density at radius 3 is 2.80 bits per heavy atom. The summed E-state index contributed by atoms with van der Waals surface area (Å²) < 4.78 is 0. The van der Waals surface area contributed by atoms with Crippen LogP contribution < -0.4 is 5.32 Å². The van der Waals surface area contributed by atoms with Crippen molar-refractivity contribution in [3.05, 3.63) is 29.6 Å². The molecule has 0 saturated heterocycles. The predicted molar refractivity (Wildman–Crippen MR) is 63.9 cm³/mol. The molecule has 0 aliphatic heterocycles. The summed E-state index contributed by atoms with van der Waals surface area (Å²) in [4.78, 5) is 6.61. The highest BCUT2D eigenvalue weighted by atomic mass is 15.1. The number of rotatable bonds is 6. The zero-order valence-electron chi connectivity index (χ0n) is 9.95. The lowest BCUT2D eigenvalue weighted by molar-refractivity contribution is 0.320. The van der Waals surface area contributed by atoms with Crippen LogP contribution in [-0.2, 0) is 6.54 Å². The van der Waals surface area contributed by atoms with E-state index in [4.69, 9.17) is 0 Å². The molecule has 0 unspecified atom stereocenters. The first-order chi connectivity index (χ1) is 7.22. The second-order valence-corrected chi connectivity index (χ2v) is 4.00. The number of pyridine rings is 1. The lowest BCUT2D eigenvalue weighted by atomic mass is 10.2. The van der Waals surface area contributed by atoms with Crippen LogP contribution in [0.4, 0.5) is 0 Å². The van der Waals surface area contributed by atoms with E-state index in [-0.39, 0.29) is 0 Å². The molecule has 3 nitrogen and oxygen atoms in total. The van der Waals surface area contributed by atoms with E-state index < -0.39 is 0 Å². The average molecular weight is 207 g/mol. The zero-order chi connectivity index (χ0) is 11.1. The van der Waals surface area contributed by atoms with Crippen LogP contribution in [0.2, 0.25) is 0 Å². The van der Waals surface area contributed by atoms with Gasteiger partial charge in [0.25, 0.3) is 0 Å². The SMILES string of the molecule is CNCCCN(C)Cc1ccc(C)nc1. The van der Waals surface area contributed by atoms with Crippen LogP contribution in [0.3, 0.4) is 0 Å². The van der Waals surface area contributed by atoms with E-state index in [1.54, 1.807) is 0 Å². The molecule has 0 aliphatic rings. The molecular formula is C12H21N3. The smallest absolute Gasteiger partial charge is 0.0372 e. The zero-order valence-corrected chi connectivity index (χ0v) is 9.95. The quantitative estimate of drug-likeness (QED) is 0.715. The van der Waals surface area contributed by atoms with Crippen LogP contribution in [0.1, 0.15) is 17.7 Å². The molecule has 3 heteroatoms. The van der Waals surface area contributed by atoms with E-state index in [0.29, 0.717) is 0 Å². The minimum atomic E-state index is 0.983. The van der Waals surface area contributed by atoms with Gasteiger partial charge in [-0.3, -0.25) is 4.98 Å². The van der Waals surface area contributed by atoms with Crippen LogP contribution >= 0.6 is 0 Å². The number of hydrogen-bond acceptors (Lipinski definition) is 3. The molecule has 0 spiro atoms. The summed E-state index contributed by atoms with van der Waals surface area (Å²) in [5, 5.41) is 3.16. The summed E-state index contributed by atoms with van der Waals surface area (Å²) in [6.07, 6.45) is 3.15. The molecule has 0 bridgehead atoms. The molecule has 0 amide bonds. The predicted octanol–water partition coefficient (Wildman–Crippen LogP) is 1.43. The van der Waals surface area contributed by atoms with Gasteiger partial charge in [-0.2, -0.15) is 0 Å². The molecule has 1 heterocycles. The van der Waals surface area contributed by atoms with Gasteiger partial charge >= 0.3 is 0 Å². The minimum Gasteiger partial charge on any atom is -0.320 e. The lowest BCUT2D eigenvalue weighted by Crippen LogP contribution is -2.22. The number of nitrogens with one attached hydrogen (secondary N) is 1. The Morgan fingerprint density at radius 2 is 2.20 bits per heavy atom. The highest BCUT2D eigenvalue weighted by Crippen LogP contribution is 2.03. The molecule has 0 fully saturated rings. The van der Waals surface area contributed by atoms with Crippen molar-refractivity contribution in [2.45, 2.75) is 19.9 Å². The Labute approximate surface area is 92.5 Å². The van der Waals surface area contributed by atoms with Gasteiger partial charge in [-0.05, 0) is 52.2 Å². The minimum absolute atomic E-state index is 0.983. The summed E-state index contributed by atoms with van der Waals surface area (Å²) >= 11 is 0. The molecule has 0 saturated carbocycles. The van der Waals surface area contributed by atoms with Gasteiger partial charge in [0, 0.05) is 18.4 Å². The van der Waals surface area contributed by atoms with E-state index in [1.807, 2.05) is 20.2 Å². The maximum atomic E-state index is 4.29. The van der Waals surface area contributed by atoms with Gasteiger partial charge in [-0.15, -0.1) is 0 Å². The van der Waals surface area contributed by atoms with Gasteiger partial charge in [-0.1, -0.05) is 6.07 Å². The van der Waals surface area contributed by atoms with Crippen molar-refractivity contribution < 1.29 is 0 Å². The van der Waals surface area contributed by atoms with Crippen LogP contribution in [-0.4, -0.2) is 37.1 Å². The molecule has 1 aromatic rings. The highest BCUT2D eigenvalue weighted by Gasteiger charge is 1.99. The monoisotopic (exact) mass is 207 g/mol. The molecule has 1 N–H and O–H groups in total. The first-order valence-corrected chi connectivity index (χ1v) is 5.47. The van der Waals surface area contributed by atoms with E-state index in [0.717, 1.165) is 25.3 Å². The molecule has 0 atom stereocenters. The topological polar surface area (TPSA) is 28.2 Å². The van der Waals surface area contributed by atoms with Gasteiger partial charge in [0.2, 0.25) is 0 Å². The average Bonchev–Trinajstić information content (AvgIpc) is 2.22. The third kappa shape index (κ3) is 4.91. The first-order valence-electron chi connectivity index (χ1n) is 5.47. The molecule has 0 radical (unpaired) electrons. The first kappa shape index (κ1) is 12.1. The van der Waals surface area contributed by atoms with Crippen molar-refractivity contribution in [2.24, 2.45) is 0 Å². The lowest BCUT2D eigenvalue weighted by Gasteiger charge is -2.16. The Kier molecular flexibility index (Phi) is 5.29. The van der Waals surface area contributed by atoms with Crippen molar-refractivity contribution in [1.29, 1.82) is 0 Å². The van der Waals surface area contributed by atoms with Gasteiger partial charge < -0.3 is 10.2 Å². The summed E-state index contributed by atoms with van der Waals surface area (Å²) in [6.45, 7) is 5.20. The van der Waals surface area contributed by atoms with Gasteiger partial charge in [0.05, 0.1) is 0 Å². The second kappa shape index (κ2) is 6.53. The fourth-order valence-electron chi connectivity index (χ4n) is 1.51. The molecule has 0 aliphatic carbocycles. The fourth-order valence-corrected chi connectivity index (χ4v) is 1.51. The summed E-state index contributed by atoms with van der Waals surface area (Å²) in [7, 11) is 4.14. The van der Waals surface area contributed by atoms with Crippen molar-refractivity contribution in [1.82, 2.24) is 15.2 Å². The molecule has 0 aromatic carbocycles. The van der Waals surface area contributed by atoms with Crippen molar-refractivity contribution in [3.8, 4) is 0 Å².